The maximum Gasteiger partial charge on any atom is 0.373 e. The van der Waals surface area contributed by atoms with Gasteiger partial charge in [0, 0.05) is 38.0 Å². The second-order valence-electron chi connectivity index (χ2n) is 5.62. The fourth-order valence-corrected chi connectivity index (χ4v) is 3.62. The number of rotatable bonds is 6. The first kappa shape index (κ1) is 16.7. The van der Waals surface area contributed by atoms with Gasteiger partial charge in [0.2, 0.25) is 11.7 Å². The number of carbonyl (C=O) groups excluding carboxylic acids is 1. The topological polar surface area (TPSA) is 102 Å². The number of anilines is 1. The van der Waals surface area contributed by atoms with Crippen molar-refractivity contribution in [3.05, 3.63) is 21.7 Å². The van der Waals surface area contributed by atoms with Gasteiger partial charge in [0.15, 0.2) is 0 Å². The van der Waals surface area contributed by atoms with Crippen LogP contribution in [0.2, 0.25) is 0 Å². The molecule has 9 nitrogen and oxygen atoms in total. The van der Waals surface area contributed by atoms with Crippen LogP contribution < -0.4 is 10.2 Å². The minimum atomic E-state index is -0.397. The Labute approximate surface area is 142 Å². The zero-order valence-corrected chi connectivity index (χ0v) is 14.1. The van der Waals surface area contributed by atoms with E-state index >= 15 is 0 Å². The molecule has 2 aromatic heterocycles. The minimum absolute atomic E-state index is 0.00533. The van der Waals surface area contributed by atoms with Gasteiger partial charge >= 0.3 is 5.82 Å². The third-order valence-electron chi connectivity index (χ3n) is 4.16. The molecule has 1 fully saturated rings. The van der Waals surface area contributed by atoms with E-state index in [0.717, 1.165) is 0 Å². The number of hydrogen-bond acceptors (Lipinski definition) is 7. The fraction of sp³-hybridized carbons (Fsp3) is 0.571. The molecule has 1 aliphatic heterocycles. The molecule has 0 unspecified atom stereocenters. The molecule has 24 heavy (non-hydrogen) atoms. The predicted molar refractivity (Wildman–Crippen MR) is 89.5 cm³/mol. The van der Waals surface area contributed by atoms with E-state index in [0.29, 0.717) is 49.9 Å². The first-order valence-corrected chi connectivity index (χ1v) is 8.61. The van der Waals surface area contributed by atoms with E-state index in [1.165, 1.54) is 15.7 Å². The van der Waals surface area contributed by atoms with Gasteiger partial charge in [-0.3, -0.25) is 4.79 Å². The van der Waals surface area contributed by atoms with E-state index in [-0.39, 0.29) is 17.6 Å². The second-order valence-corrected chi connectivity index (χ2v) is 6.49. The maximum atomic E-state index is 12.1. The molecule has 1 aliphatic rings. The van der Waals surface area contributed by atoms with Crippen molar-refractivity contribution in [3.63, 3.8) is 0 Å². The van der Waals surface area contributed by atoms with Crippen LogP contribution in [-0.2, 0) is 9.53 Å². The highest BCUT2D eigenvalue weighted by molar-refractivity contribution is 7.15. The molecular weight excluding hydrogens is 334 g/mol. The lowest BCUT2D eigenvalue weighted by molar-refractivity contribution is -0.389. The molecule has 3 heterocycles. The molecular formula is C14H19N5O4S. The van der Waals surface area contributed by atoms with Crippen molar-refractivity contribution < 1.29 is 14.5 Å². The first-order valence-electron chi connectivity index (χ1n) is 7.73. The molecule has 1 saturated heterocycles. The zero-order chi connectivity index (χ0) is 17.1. The van der Waals surface area contributed by atoms with E-state index in [4.69, 9.17) is 4.74 Å². The molecule has 0 aliphatic carbocycles. The smallest absolute Gasteiger partial charge is 0.373 e. The number of thiazole rings is 1. The summed E-state index contributed by atoms with van der Waals surface area (Å²) >= 11 is 1.37. The molecule has 0 atom stereocenters. The Bertz CT molecular complexity index is 735. The Morgan fingerprint density at radius 2 is 2.29 bits per heavy atom. The number of imidazole rings is 1. The van der Waals surface area contributed by atoms with E-state index in [1.807, 2.05) is 4.90 Å². The number of nitro groups is 1. The van der Waals surface area contributed by atoms with Crippen LogP contribution in [-0.4, -0.2) is 53.6 Å². The maximum absolute atomic E-state index is 12.1. The van der Waals surface area contributed by atoms with Crippen LogP contribution in [0.3, 0.4) is 0 Å². The first-order chi connectivity index (χ1) is 11.6. The summed E-state index contributed by atoms with van der Waals surface area (Å²) in [6.07, 6.45) is 2.97. The molecule has 2 aromatic rings. The van der Waals surface area contributed by atoms with Crippen LogP contribution in [0, 0.1) is 16.0 Å². The number of nitrogens with one attached hydrogen (secondary N) is 1. The van der Waals surface area contributed by atoms with Crippen molar-refractivity contribution in [2.75, 3.05) is 38.3 Å². The summed E-state index contributed by atoms with van der Waals surface area (Å²) < 4.78 is 6.42. The van der Waals surface area contributed by atoms with Crippen LogP contribution in [0.4, 0.5) is 11.6 Å². The normalized spacial score (nSPS) is 15.8. The van der Waals surface area contributed by atoms with Gasteiger partial charge in [0.05, 0.1) is 6.61 Å². The molecule has 0 radical (unpaired) electrons. The van der Waals surface area contributed by atoms with E-state index < -0.39 is 4.92 Å². The van der Waals surface area contributed by atoms with E-state index in [1.54, 1.807) is 18.7 Å². The number of amides is 1. The average molecular weight is 353 g/mol. The largest absolute Gasteiger partial charge is 0.383 e. The standard InChI is InChI=1S/C14H19N5O4S/c1-23-8-4-15-12(20)10-2-5-17(6-3-10)11-13(19(21)22)18-7-9-24-14(18)16-11/h7,9-10H,2-6,8H2,1H3,(H,15,20). The van der Waals surface area contributed by atoms with Gasteiger partial charge in [-0.25, -0.2) is 0 Å². The van der Waals surface area contributed by atoms with Crippen molar-refractivity contribution in [1.29, 1.82) is 0 Å². The van der Waals surface area contributed by atoms with Crippen molar-refractivity contribution in [2.45, 2.75) is 12.8 Å². The third kappa shape index (κ3) is 3.20. The van der Waals surface area contributed by atoms with Crippen LogP contribution in [0.5, 0.6) is 0 Å². The summed E-state index contributed by atoms with van der Waals surface area (Å²) in [7, 11) is 1.59. The lowest BCUT2D eigenvalue weighted by Gasteiger charge is -2.30. The molecule has 0 saturated carbocycles. The molecule has 3 rings (SSSR count). The Morgan fingerprint density at radius 3 is 2.96 bits per heavy atom. The van der Waals surface area contributed by atoms with Gasteiger partial charge in [0.1, 0.15) is 6.20 Å². The van der Waals surface area contributed by atoms with Crippen molar-refractivity contribution >= 4 is 33.8 Å². The molecule has 10 heteroatoms. The number of fused-ring (bicyclic) bond motifs is 1. The Hall–Kier alpha value is -2.20. The summed E-state index contributed by atoms with van der Waals surface area (Å²) in [5, 5.41) is 16.0. The molecule has 1 N–H and O–H groups in total. The van der Waals surface area contributed by atoms with Gasteiger partial charge in [0.25, 0.3) is 4.96 Å². The molecule has 1 amide bonds. The van der Waals surface area contributed by atoms with Crippen molar-refractivity contribution in [1.82, 2.24) is 14.7 Å². The van der Waals surface area contributed by atoms with Crippen LogP contribution in [0.25, 0.3) is 4.96 Å². The quantitative estimate of drug-likeness (QED) is 0.477. The number of nitrogens with zero attached hydrogens (tertiary/aromatic N) is 4. The van der Waals surface area contributed by atoms with Crippen LogP contribution >= 0.6 is 11.3 Å². The summed E-state index contributed by atoms with van der Waals surface area (Å²) in [5.41, 5.74) is 0. The molecule has 0 aromatic carbocycles. The molecule has 0 bridgehead atoms. The highest BCUT2D eigenvalue weighted by atomic mass is 32.1. The number of methoxy groups -OCH3 is 1. The van der Waals surface area contributed by atoms with Gasteiger partial charge in [-0.05, 0) is 17.8 Å². The zero-order valence-electron chi connectivity index (χ0n) is 13.3. The Morgan fingerprint density at radius 1 is 1.54 bits per heavy atom. The summed E-state index contributed by atoms with van der Waals surface area (Å²) in [5.74, 6) is 0.340. The number of carbonyl (C=O) groups is 1. The minimum Gasteiger partial charge on any atom is -0.383 e. The van der Waals surface area contributed by atoms with Gasteiger partial charge in [-0.2, -0.15) is 9.38 Å². The second kappa shape index (κ2) is 7.14. The monoisotopic (exact) mass is 353 g/mol. The number of aromatic nitrogens is 2. The molecule has 130 valence electrons. The number of piperidine rings is 1. The average Bonchev–Trinajstić information content (AvgIpc) is 3.15. The highest BCUT2D eigenvalue weighted by Crippen LogP contribution is 2.33. The lowest BCUT2D eigenvalue weighted by atomic mass is 9.96. The molecule has 0 spiro atoms. The Balaban J connectivity index is 1.67. The van der Waals surface area contributed by atoms with Crippen molar-refractivity contribution in [3.8, 4) is 0 Å². The Kier molecular flexibility index (Phi) is 4.95. The highest BCUT2D eigenvalue weighted by Gasteiger charge is 2.32. The number of hydrogen-bond donors (Lipinski definition) is 1. The van der Waals surface area contributed by atoms with Crippen LogP contribution in [0.1, 0.15) is 12.8 Å². The fourth-order valence-electron chi connectivity index (χ4n) is 2.92. The lowest BCUT2D eigenvalue weighted by Crippen LogP contribution is -2.41. The van der Waals surface area contributed by atoms with E-state index in [2.05, 4.69) is 10.3 Å². The van der Waals surface area contributed by atoms with Gasteiger partial charge in [-0.1, -0.05) is 11.3 Å². The number of ether oxygens (including phenoxy) is 1. The van der Waals surface area contributed by atoms with Crippen LogP contribution in [0.15, 0.2) is 11.6 Å². The summed E-state index contributed by atoms with van der Waals surface area (Å²) in [6, 6.07) is 0. The van der Waals surface area contributed by atoms with Crippen molar-refractivity contribution in [2.24, 2.45) is 5.92 Å². The van der Waals surface area contributed by atoms with E-state index in [9.17, 15) is 14.9 Å². The van der Waals surface area contributed by atoms with Gasteiger partial charge < -0.3 is 25.1 Å². The summed E-state index contributed by atoms with van der Waals surface area (Å²) in [6.45, 7) is 2.14. The third-order valence-corrected chi connectivity index (χ3v) is 4.92. The summed E-state index contributed by atoms with van der Waals surface area (Å²) in [4.78, 5) is 30.0. The van der Waals surface area contributed by atoms with Gasteiger partial charge in [-0.15, -0.1) is 0 Å². The SMILES string of the molecule is COCCNC(=O)C1CCN(c2nc3sccn3c2[N+](=O)[O-])CC1. The predicted octanol–water partition coefficient (Wildman–Crippen LogP) is 1.28.